The molecule has 0 radical (unpaired) electrons. The molecule has 40 heavy (non-hydrogen) atoms. The zero-order valence-electron chi connectivity index (χ0n) is 23.9. The van der Waals surface area contributed by atoms with E-state index in [0.29, 0.717) is 51.6 Å². The van der Waals surface area contributed by atoms with Crippen molar-refractivity contribution in [2.24, 2.45) is 28.6 Å². The molecule has 7 rings (SSSR count). The van der Waals surface area contributed by atoms with E-state index >= 15 is 0 Å². The van der Waals surface area contributed by atoms with E-state index in [0.717, 1.165) is 31.1 Å². The molecule has 0 unspecified atom stereocenters. The van der Waals surface area contributed by atoms with Crippen LogP contribution in [-0.4, -0.2) is 77.3 Å². The van der Waals surface area contributed by atoms with E-state index in [9.17, 15) is 19.8 Å². The third-order valence-electron chi connectivity index (χ3n) is 12.5. The molecule has 0 aromatic carbocycles. The largest absolute Gasteiger partial charge is 0.458 e. The minimum Gasteiger partial charge on any atom is -0.458 e. The Kier molecular flexibility index (Phi) is 6.40. The van der Waals surface area contributed by atoms with Crippen molar-refractivity contribution in [1.82, 2.24) is 0 Å². The van der Waals surface area contributed by atoms with E-state index in [1.54, 1.807) is 6.08 Å². The summed E-state index contributed by atoms with van der Waals surface area (Å²) in [4.78, 5) is 24.9. The highest BCUT2D eigenvalue weighted by Gasteiger charge is 2.71. The molecule has 7 aliphatic rings. The minimum atomic E-state index is -1.18. The summed E-state index contributed by atoms with van der Waals surface area (Å²) in [5.74, 6) is -0.361. The zero-order valence-corrected chi connectivity index (χ0v) is 23.9. The van der Waals surface area contributed by atoms with Crippen molar-refractivity contribution < 1.29 is 43.5 Å². The van der Waals surface area contributed by atoms with Crippen LogP contribution in [-0.2, 0) is 33.3 Å². The van der Waals surface area contributed by atoms with Crippen molar-refractivity contribution in [3.05, 3.63) is 11.6 Å². The van der Waals surface area contributed by atoms with Gasteiger partial charge in [0.2, 0.25) is 0 Å². The molecule has 2 saturated heterocycles. The van der Waals surface area contributed by atoms with Crippen LogP contribution in [0.15, 0.2) is 11.6 Å². The molecule has 222 valence electrons. The summed E-state index contributed by atoms with van der Waals surface area (Å²) < 4.78 is 29.6. The monoisotopic (exact) mass is 560 g/mol. The molecule has 0 aromatic heterocycles. The topological polar surface area (TPSA) is 121 Å². The van der Waals surface area contributed by atoms with Crippen LogP contribution in [0.3, 0.4) is 0 Å². The second kappa shape index (κ2) is 9.32. The van der Waals surface area contributed by atoms with Gasteiger partial charge in [-0.25, -0.2) is 4.79 Å². The van der Waals surface area contributed by atoms with Gasteiger partial charge in [-0.1, -0.05) is 6.92 Å². The van der Waals surface area contributed by atoms with E-state index in [4.69, 9.17) is 23.7 Å². The molecule has 6 fully saturated rings. The number of carbonyl (C=O) groups is 2. The highest BCUT2D eigenvalue weighted by atomic mass is 16.8. The van der Waals surface area contributed by atoms with E-state index in [2.05, 4.69) is 6.92 Å². The van der Waals surface area contributed by atoms with Gasteiger partial charge in [0.1, 0.15) is 19.0 Å². The first-order chi connectivity index (χ1) is 19.0. The summed E-state index contributed by atoms with van der Waals surface area (Å²) in [6.07, 6.45) is 7.67. The standard InChI is InChI=1S/C31H44O9/c1-17-27-24(38-18(2)39-27)13-26(37-17)40-20-4-9-29(16-32)22-5-8-28(3)21(19-12-25(33)36-15-19)7-11-31(28,35)23(22)6-10-30(29,34)14-20/h12,16-18,20-24,26-27,34-35H,4-11,13-15H2,1-3H3/t17-,18+,20-,21+,22-,23+,24+,26-,27-,28+,29-,30-,31-/m0/s1. The zero-order chi connectivity index (χ0) is 28.1. The van der Waals surface area contributed by atoms with E-state index < -0.39 is 22.9 Å². The number of fused-ring (bicyclic) bond motifs is 6. The maximum absolute atomic E-state index is 13.1. The van der Waals surface area contributed by atoms with Crippen LogP contribution in [0, 0.1) is 28.6 Å². The van der Waals surface area contributed by atoms with Crippen LogP contribution in [0.1, 0.15) is 85.0 Å². The second-order valence-corrected chi connectivity index (χ2v) is 14.1. The number of esters is 1. The summed E-state index contributed by atoms with van der Waals surface area (Å²) in [7, 11) is 0. The third-order valence-corrected chi connectivity index (χ3v) is 12.5. The Hall–Kier alpha value is -1.36. The normalized spacial score (nSPS) is 55.5. The van der Waals surface area contributed by atoms with Crippen LogP contribution in [0.5, 0.6) is 0 Å². The lowest BCUT2D eigenvalue weighted by atomic mass is 9.41. The van der Waals surface area contributed by atoms with Crippen LogP contribution >= 0.6 is 0 Å². The van der Waals surface area contributed by atoms with Crippen LogP contribution < -0.4 is 0 Å². The Morgan fingerprint density at radius 2 is 1.80 bits per heavy atom. The lowest BCUT2D eigenvalue weighted by Crippen LogP contribution is -2.69. The molecule has 2 N–H and O–H groups in total. The fourth-order valence-corrected chi connectivity index (χ4v) is 10.6. The molecule has 3 heterocycles. The Morgan fingerprint density at radius 3 is 2.55 bits per heavy atom. The Balaban J connectivity index is 1.09. The average molecular weight is 561 g/mol. The molecule has 0 amide bonds. The molecule has 0 spiro atoms. The quantitative estimate of drug-likeness (QED) is 0.303. The van der Waals surface area contributed by atoms with Gasteiger partial charge in [-0.3, -0.25) is 0 Å². The highest BCUT2D eigenvalue weighted by molar-refractivity contribution is 5.85. The number of rotatable bonds is 4. The van der Waals surface area contributed by atoms with E-state index in [1.807, 2.05) is 13.8 Å². The first-order valence-electron chi connectivity index (χ1n) is 15.4. The summed E-state index contributed by atoms with van der Waals surface area (Å²) in [6.45, 7) is 6.35. The Labute approximate surface area is 235 Å². The maximum Gasteiger partial charge on any atom is 0.331 e. The maximum atomic E-state index is 13.1. The molecular weight excluding hydrogens is 516 g/mol. The SMILES string of the molecule is C[C@H]1O[C@H]2[C@H](C)O[C@@H](O[C@H]3CC[C@]4(C=O)[C@H]5CC[C@]6(C)[C@@H](C7=CC(=O)OC7)CC[C@]6(O)[C@@H]5CC[C@]4(O)C3)C[C@H]2O1. The number of hydrogen-bond donors (Lipinski definition) is 2. The average Bonchev–Trinajstić information content (AvgIpc) is 3.58. The fourth-order valence-electron chi connectivity index (χ4n) is 10.6. The number of aldehydes is 1. The van der Waals surface area contributed by atoms with Crippen molar-refractivity contribution in [3.8, 4) is 0 Å². The van der Waals surface area contributed by atoms with Gasteiger partial charge < -0.3 is 38.7 Å². The minimum absolute atomic E-state index is 0.0706. The van der Waals surface area contributed by atoms with Gasteiger partial charge in [0.15, 0.2) is 12.6 Å². The molecule has 9 heteroatoms. The summed E-state index contributed by atoms with van der Waals surface area (Å²) in [5.41, 5.74) is -2.42. The van der Waals surface area contributed by atoms with Crippen molar-refractivity contribution in [2.45, 2.75) is 133 Å². The molecule has 13 atom stereocenters. The number of hydrogen-bond acceptors (Lipinski definition) is 9. The van der Waals surface area contributed by atoms with Crippen LogP contribution in [0.4, 0.5) is 0 Å². The van der Waals surface area contributed by atoms with Crippen LogP contribution in [0.2, 0.25) is 0 Å². The van der Waals surface area contributed by atoms with Gasteiger partial charge in [-0.05, 0) is 88.5 Å². The predicted molar refractivity (Wildman–Crippen MR) is 141 cm³/mol. The third kappa shape index (κ3) is 3.73. The van der Waals surface area contributed by atoms with Gasteiger partial charge in [0.05, 0.1) is 34.9 Å². The van der Waals surface area contributed by atoms with Crippen LogP contribution in [0.25, 0.3) is 0 Å². The fraction of sp³-hybridized carbons (Fsp3) is 0.871. The summed E-state index contributed by atoms with van der Waals surface area (Å²) >= 11 is 0. The predicted octanol–water partition coefficient (Wildman–Crippen LogP) is 3.19. The molecule has 4 saturated carbocycles. The van der Waals surface area contributed by atoms with Gasteiger partial charge in [-0.2, -0.15) is 0 Å². The molecule has 0 aromatic rings. The molecule has 4 aliphatic carbocycles. The lowest BCUT2D eigenvalue weighted by Gasteiger charge is -2.65. The highest BCUT2D eigenvalue weighted by Crippen LogP contribution is 2.70. The van der Waals surface area contributed by atoms with Crippen molar-refractivity contribution in [2.75, 3.05) is 6.61 Å². The van der Waals surface area contributed by atoms with Gasteiger partial charge in [0.25, 0.3) is 0 Å². The van der Waals surface area contributed by atoms with Crippen molar-refractivity contribution in [3.63, 3.8) is 0 Å². The number of aliphatic hydroxyl groups is 2. The molecule has 3 aliphatic heterocycles. The Bertz CT molecular complexity index is 1090. The molecule has 0 bridgehead atoms. The number of cyclic esters (lactones) is 1. The van der Waals surface area contributed by atoms with Gasteiger partial charge in [-0.15, -0.1) is 0 Å². The number of ether oxygens (including phenoxy) is 5. The van der Waals surface area contributed by atoms with Crippen molar-refractivity contribution in [1.29, 1.82) is 0 Å². The first-order valence-corrected chi connectivity index (χ1v) is 15.4. The van der Waals surface area contributed by atoms with Gasteiger partial charge >= 0.3 is 5.97 Å². The summed E-state index contributed by atoms with van der Waals surface area (Å²) in [6, 6.07) is 0. The van der Waals surface area contributed by atoms with Gasteiger partial charge in [0, 0.05) is 24.3 Å². The first kappa shape index (κ1) is 27.5. The van der Waals surface area contributed by atoms with Crippen molar-refractivity contribution >= 4 is 12.3 Å². The number of carbonyl (C=O) groups excluding carboxylic acids is 2. The summed E-state index contributed by atoms with van der Waals surface area (Å²) in [5, 5.41) is 24.6. The Morgan fingerprint density at radius 1 is 1.00 bits per heavy atom. The molecular formula is C31H44O9. The van der Waals surface area contributed by atoms with E-state index in [1.165, 1.54) is 0 Å². The van der Waals surface area contributed by atoms with E-state index in [-0.39, 0.29) is 59.8 Å². The second-order valence-electron chi connectivity index (χ2n) is 14.1. The molecule has 9 nitrogen and oxygen atoms in total. The lowest BCUT2D eigenvalue weighted by molar-refractivity contribution is -0.278. The smallest absolute Gasteiger partial charge is 0.331 e.